The minimum atomic E-state index is -0.756. The van der Waals surface area contributed by atoms with E-state index in [4.69, 9.17) is 10.00 Å². The van der Waals surface area contributed by atoms with E-state index in [-0.39, 0.29) is 5.91 Å². The van der Waals surface area contributed by atoms with E-state index in [2.05, 4.69) is 21.4 Å². The van der Waals surface area contributed by atoms with Crippen LogP contribution in [0.4, 0.5) is 5.69 Å². The van der Waals surface area contributed by atoms with Crippen LogP contribution in [0.1, 0.15) is 12.5 Å². The summed E-state index contributed by atoms with van der Waals surface area (Å²) in [6.07, 6.45) is 4.73. The average molecular weight is 383 g/mol. The Morgan fingerprint density at radius 3 is 2.72 bits per heavy atom. The van der Waals surface area contributed by atoms with E-state index >= 15 is 0 Å². The van der Waals surface area contributed by atoms with E-state index in [1.54, 1.807) is 49.5 Å². The van der Waals surface area contributed by atoms with Gasteiger partial charge in [-0.2, -0.15) is 5.26 Å². The molecule has 29 heavy (non-hydrogen) atoms. The van der Waals surface area contributed by atoms with E-state index in [9.17, 15) is 4.79 Å². The second-order valence-electron chi connectivity index (χ2n) is 6.39. The van der Waals surface area contributed by atoms with Crippen LogP contribution in [0.15, 0.2) is 73.2 Å². The number of nitrogens with zero attached hydrogens (tertiary/aromatic N) is 4. The smallest absolute Gasteiger partial charge is 0.265 e. The monoisotopic (exact) mass is 383 g/mol. The first-order valence-corrected chi connectivity index (χ1v) is 9.01. The zero-order chi connectivity index (χ0) is 20.2. The molecule has 0 aliphatic carbocycles. The fourth-order valence-electron chi connectivity index (χ4n) is 2.84. The maximum absolute atomic E-state index is 12.4. The minimum Gasteiger partial charge on any atom is -0.480 e. The maximum atomic E-state index is 12.4. The van der Waals surface area contributed by atoms with Crippen molar-refractivity contribution in [2.75, 3.05) is 5.32 Å². The third-order valence-corrected chi connectivity index (χ3v) is 4.36. The van der Waals surface area contributed by atoms with Crippen LogP contribution in [0.5, 0.6) is 5.75 Å². The lowest BCUT2D eigenvalue weighted by Crippen LogP contribution is -2.30. The van der Waals surface area contributed by atoms with Crippen molar-refractivity contribution in [3.05, 3.63) is 78.8 Å². The molecule has 0 spiro atoms. The maximum Gasteiger partial charge on any atom is 0.265 e. The summed E-state index contributed by atoms with van der Waals surface area (Å²) < 4.78 is 7.49. The molecule has 7 heteroatoms. The van der Waals surface area contributed by atoms with Crippen molar-refractivity contribution in [3.8, 4) is 23.1 Å². The summed E-state index contributed by atoms with van der Waals surface area (Å²) in [6, 6.07) is 18.1. The number of aromatic nitrogens is 3. The highest BCUT2D eigenvalue weighted by molar-refractivity contribution is 5.94. The first kappa shape index (κ1) is 18.2. The van der Waals surface area contributed by atoms with Gasteiger partial charge in [-0.3, -0.25) is 9.20 Å². The zero-order valence-electron chi connectivity index (χ0n) is 15.6. The molecule has 0 aliphatic heterocycles. The van der Waals surface area contributed by atoms with Crippen LogP contribution in [-0.4, -0.2) is 26.4 Å². The van der Waals surface area contributed by atoms with Crippen molar-refractivity contribution in [1.82, 2.24) is 14.4 Å². The van der Waals surface area contributed by atoms with Crippen molar-refractivity contribution in [1.29, 1.82) is 5.26 Å². The molecular formula is C22H17N5O2. The summed E-state index contributed by atoms with van der Waals surface area (Å²) in [5.74, 6) is 0.708. The minimum absolute atomic E-state index is 0.303. The van der Waals surface area contributed by atoms with E-state index in [0.29, 0.717) is 22.8 Å². The fraction of sp³-hybridized carbons (Fsp3) is 0.0909. The van der Waals surface area contributed by atoms with Gasteiger partial charge in [0.05, 0.1) is 11.3 Å². The third-order valence-electron chi connectivity index (χ3n) is 4.36. The number of carbonyl (C=O) groups is 1. The lowest BCUT2D eigenvalue weighted by molar-refractivity contribution is -0.122. The van der Waals surface area contributed by atoms with Gasteiger partial charge in [0, 0.05) is 29.8 Å². The van der Waals surface area contributed by atoms with Gasteiger partial charge in [0.15, 0.2) is 6.10 Å². The molecule has 1 amide bonds. The Kier molecular flexibility index (Phi) is 4.91. The largest absolute Gasteiger partial charge is 0.480 e. The number of nitrogens with one attached hydrogen (secondary N) is 1. The molecule has 0 saturated carbocycles. The van der Waals surface area contributed by atoms with Gasteiger partial charge < -0.3 is 10.1 Å². The van der Waals surface area contributed by atoms with Crippen LogP contribution >= 0.6 is 0 Å². The number of imidazole rings is 1. The molecule has 142 valence electrons. The summed E-state index contributed by atoms with van der Waals surface area (Å²) in [5, 5.41) is 12.0. The van der Waals surface area contributed by atoms with Gasteiger partial charge in [-0.1, -0.05) is 24.3 Å². The summed E-state index contributed by atoms with van der Waals surface area (Å²) in [5.41, 5.74) is 2.75. The van der Waals surface area contributed by atoms with Crippen LogP contribution in [-0.2, 0) is 4.79 Å². The van der Waals surface area contributed by atoms with Crippen molar-refractivity contribution in [3.63, 3.8) is 0 Å². The number of carbonyl (C=O) groups excluding carboxylic acids is 1. The Labute approximate surface area is 167 Å². The summed E-state index contributed by atoms with van der Waals surface area (Å²) in [6.45, 7) is 1.64. The average Bonchev–Trinajstić information content (AvgIpc) is 3.19. The van der Waals surface area contributed by atoms with Crippen molar-refractivity contribution < 1.29 is 9.53 Å². The molecule has 2 aromatic carbocycles. The standard InChI is InChI=1S/C22H17N5O2/c1-15(29-20-6-3-2-5-17(20)13-23)21(28)25-18-9-7-16(8-10-18)19-14-27-12-4-11-24-22(27)26-19/h2-12,14-15H,1H3,(H,25,28). The van der Waals surface area contributed by atoms with Crippen molar-refractivity contribution >= 4 is 17.4 Å². The summed E-state index contributed by atoms with van der Waals surface area (Å²) in [4.78, 5) is 21.1. The highest BCUT2D eigenvalue weighted by atomic mass is 16.5. The normalized spacial score (nSPS) is 11.6. The highest BCUT2D eigenvalue weighted by Crippen LogP contribution is 2.22. The van der Waals surface area contributed by atoms with E-state index in [1.165, 1.54) is 0 Å². The molecule has 1 N–H and O–H groups in total. The lowest BCUT2D eigenvalue weighted by atomic mass is 10.1. The first-order valence-electron chi connectivity index (χ1n) is 9.01. The first-order chi connectivity index (χ1) is 14.1. The highest BCUT2D eigenvalue weighted by Gasteiger charge is 2.16. The Bertz CT molecular complexity index is 1170. The molecular weight excluding hydrogens is 366 g/mol. The van der Waals surface area contributed by atoms with Crippen molar-refractivity contribution in [2.45, 2.75) is 13.0 Å². The predicted octanol–water partition coefficient (Wildman–Crippen LogP) is 3.67. The molecule has 0 bridgehead atoms. The number of para-hydroxylation sites is 1. The molecule has 0 saturated heterocycles. The predicted molar refractivity (Wildman–Crippen MR) is 108 cm³/mol. The van der Waals surface area contributed by atoms with E-state index in [0.717, 1.165) is 11.3 Å². The molecule has 0 aliphatic rings. The lowest BCUT2D eigenvalue weighted by Gasteiger charge is -2.15. The number of ether oxygens (including phenoxy) is 1. The Balaban J connectivity index is 1.44. The molecule has 7 nitrogen and oxygen atoms in total. The molecule has 1 atom stereocenters. The van der Waals surface area contributed by atoms with E-state index in [1.807, 2.05) is 35.0 Å². The van der Waals surface area contributed by atoms with Crippen molar-refractivity contribution in [2.24, 2.45) is 0 Å². The number of amides is 1. The van der Waals surface area contributed by atoms with Gasteiger partial charge in [0.25, 0.3) is 5.91 Å². The number of rotatable bonds is 5. The summed E-state index contributed by atoms with van der Waals surface area (Å²) in [7, 11) is 0. The Morgan fingerprint density at radius 2 is 1.97 bits per heavy atom. The second-order valence-corrected chi connectivity index (χ2v) is 6.39. The molecule has 0 radical (unpaired) electrons. The van der Waals surface area contributed by atoms with Crippen LogP contribution in [0.25, 0.3) is 17.0 Å². The van der Waals surface area contributed by atoms with Gasteiger partial charge in [-0.15, -0.1) is 0 Å². The molecule has 2 aromatic heterocycles. The molecule has 4 aromatic rings. The van der Waals surface area contributed by atoms with Gasteiger partial charge in [-0.25, -0.2) is 9.97 Å². The van der Waals surface area contributed by atoms with E-state index < -0.39 is 6.10 Å². The number of hydrogen-bond donors (Lipinski definition) is 1. The van der Waals surface area contributed by atoms with Crippen LogP contribution in [0.2, 0.25) is 0 Å². The fourth-order valence-corrected chi connectivity index (χ4v) is 2.84. The third kappa shape index (κ3) is 3.92. The van der Waals surface area contributed by atoms with Gasteiger partial charge >= 0.3 is 0 Å². The number of anilines is 1. The molecule has 4 rings (SSSR count). The molecule has 2 heterocycles. The number of hydrogen-bond acceptors (Lipinski definition) is 5. The summed E-state index contributed by atoms with van der Waals surface area (Å²) >= 11 is 0. The van der Waals surface area contributed by atoms with Crippen LogP contribution in [0, 0.1) is 11.3 Å². The number of benzene rings is 2. The van der Waals surface area contributed by atoms with Gasteiger partial charge in [0.1, 0.15) is 11.8 Å². The van der Waals surface area contributed by atoms with Crippen LogP contribution < -0.4 is 10.1 Å². The second kappa shape index (κ2) is 7.82. The SMILES string of the molecule is CC(Oc1ccccc1C#N)C(=O)Nc1ccc(-c2cn3cccnc3n2)cc1. The topological polar surface area (TPSA) is 92.3 Å². The Morgan fingerprint density at radius 1 is 1.17 bits per heavy atom. The molecule has 0 fully saturated rings. The number of nitriles is 1. The number of fused-ring (bicyclic) bond motifs is 1. The van der Waals surface area contributed by atoms with Crippen LogP contribution in [0.3, 0.4) is 0 Å². The van der Waals surface area contributed by atoms with Gasteiger partial charge in [0.2, 0.25) is 5.78 Å². The molecule has 1 unspecified atom stereocenters. The van der Waals surface area contributed by atoms with Gasteiger partial charge in [-0.05, 0) is 37.3 Å². The zero-order valence-corrected chi connectivity index (χ0v) is 15.6. The Hall–Kier alpha value is -4.18. The quantitative estimate of drug-likeness (QED) is 0.568.